The number of nitrogens with two attached hydrogens (primary N) is 1. The van der Waals surface area contributed by atoms with Gasteiger partial charge in [0, 0.05) is 5.57 Å². The first-order valence-electron chi connectivity index (χ1n) is 12.5. The Morgan fingerprint density at radius 3 is 1.48 bits per heavy atom. The highest BCUT2D eigenvalue weighted by molar-refractivity contribution is 5.91. The fraction of sp³-hybridized carbons (Fsp3) is 0.769. The maximum atomic E-state index is 10.8. The van der Waals surface area contributed by atoms with E-state index in [-0.39, 0.29) is 11.8 Å². The van der Waals surface area contributed by atoms with Gasteiger partial charge >= 0.3 is 0 Å². The summed E-state index contributed by atoms with van der Waals surface area (Å²) in [5.74, 6) is -0.655. The summed E-state index contributed by atoms with van der Waals surface area (Å²) in [5, 5.41) is 0. The Balaban J connectivity index is 0. The SMILES string of the molecule is C=C(CCCCCCCCCCCCCCCCCC)C(N)=O.C=CC(=O)NOCC. The van der Waals surface area contributed by atoms with Gasteiger partial charge < -0.3 is 5.73 Å². The van der Waals surface area contributed by atoms with Gasteiger partial charge in [-0.3, -0.25) is 14.4 Å². The smallest absolute Gasteiger partial charge is 0.266 e. The van der Waals surface area contributed by atoms with E-state index in [0.29, 0.717) is 12.2 Å². The molecule has 0 aliphatic rings. The monoisotopic (exact) mass is 438 g/mol. The topological polar surface area (TPSA) is 81.4 Å². The van der Waals surface area contributed by atoms with Gasteiger partial charge in [-0.15, -0.1) is 0 Å². The van der Waals surface area contributed by atoms with Crippen LogP contribution >= 0.6 is 0 Å². The number of primary amides is 1. The zero-order valence-electron chi connectivity index (χ0n) is 20.5. The van der Waals surface area contributed by atoms with Gasteiger partial charge in [0.1, 0.15) is 0 Å². The third kappa shape index (κ3) is 28.4. The summed E-state index contributed by atoms with van der Waals surface area (Å²) >= 11 is 0. The van der Waals surface area contributed by atoms with Gasteiger partial charge in [0.05, 0.1) is 6.61 Å². The van der Waals surface area contributed by atoms with Crippen LogP contribution in [0.2, 0.25) is 0 Å². The molecule has 2 amide bonds. The number of nitrogens with one attached hydrogen (secondary N) is 1. The predicted octanol–water partition coefficient (Wildman–Crippen LogP) is 6.92. The lowest BCUT2D eigenvalue weighted by atomic mass is 10.0. The summed E-state index contributed by atoms with van der Waals surface area (Å²) in [6.07, 6.45) is 23.8. The molecule has 0 spiro atoms. The molecule has 0 saturated carbocycles. The maximum Gasteiger partial charge on any atom is 0.266 e. The maximum absolute atomic E-state index is 10.8. The van der Waals surface area contributed by atoms with Crippen LogP contribution in [0, 0.1) is 0 Å². The van der Waals surface area contributed by atoms with Crippen molar-refractivity contribution in [2.45, 2.75) is 123 Å². The van der Waals surface area contributed by atoms with Gasteiger partial charge in [-0.25, -0.2) is 5.48 Å². The first kappa shape index (κ1) is 31.6. The zero-order chi connectivity index (χ0) is 23.6. The van der Waals surface area contributed by atoms with E-state index in [9.17, 15) is 9.59 Å². The molecule has 0 fully saturated rings. The van der Waals surface area contributed by atoms with E-state index in [0.717, 1.165) is 18.9 Å². The summed E-state index contributed by atoms with van der Waals surface area (Å²) < 4.78 is 0. The molecule has 0 saturated heterocycles. The molecule has 0 aromatic carbocycles. The molecular formula is C26H50N2O3. The Morgan fingerprint density at radius 2 is 1.16 bits per heavy atom. The van der Waals surface area contributed by atoms with Crippen molar-refractivity contribution in [3.63, 3.8) is 0 Å². The minimum Gasteiger partial charge on any atom is -0.366 e. The van der Waals surface area contributed by atoms with E-state index in [1.807, 2.05) is 0 Å². The highest BCUT2D eigenvalue weighted by Crippen LogP contribution is 2.14. The normalized spacial score (nSPS) is 10.1. The van der Waals surface area contributed by atoms with Crippen LogP contribution in [0.1, 0.15) is 123 Å². The van der Waals surface area contributed by atoms with Crippen LogP contribution in [0.4, 0.5) is 0 Å². The molecule has 0 aromatic rings. The molecule has 182 valence electrons. The summed E-state index contributed by atoms with van der Waals surface area (Å²) in [7, 11) is 0. The van der Waals surface area contributed by atoms with E-state index >= 15 is 0 Å². The van der Waals surface area contributed by atoms with Gasteiger partial charge in [-0.2, -0.15) is 0 Å². The average molecular weight is 439 g/mol. The molecule has 0 unspecified atom stereocenters. The lowest BCUT2D eigenvalue weighted by molar-refractivity contribution is -0.128. The van der Waals surface area contributed by atoms with E-state index in [4.69, 9.17) is 5.73 Å². The summed E-state index contributed by atoms with van der Waals surface area (Å²) in [6, 6.07) is 0. The van der Waals surface area contributed by atoms with Crippen molar-refractivity contribution < 1.29 is 14.4 Å². The van der Waals surface area contributed by atoms with E-state index < -0.39 is 0 Å². The molecule has 0 aromatic heterocycles. The van der Waals surface area contributed by atoms with E-state index in [1.54, 1.807) is 6.92 Å². The molecular weight excluding hydrogens is 388 g/mol. The Bertz CT molecular complexity index is 450. The van der Waals surface area contributed by atoms with Crippen LogP contribution < -0.4 is 11.2 Å². The van der Waals surface area contributed by atoms with Crippen molar-refractivity contribution in [1.82, 2.24) is 5.48 Å². The van der Waals surface area contributed by atoms with Crippen molar-refractivity contribution in [3.05, 3.63) is 24.8 Å². The number of hydrogen-bond donors (Lipinski definition) is 2. The van der Waals surface area contributed by atoms with Gasteiger partial charge in [0.2, 0.25) is 5.91 Å². The number of carbonyl (C=O) groups is 2. The van der Waals surface area contributed by atoms with Gasteiger partial charge in [-0.05, 0) is 25.8 Å². The standard InChI is InChI=1S/C21H41NO.C5H9NO2/c1-3-4-5-6-7-8-9-10-11-12-13-14-15-16-17-18-19-20(2)21(22)23;1-3-5(7)6-8-4-2/h2-19H2,1H3,(H2,22,23);3H,1,4H2,2H3,(H,6,7). The molecule has 0 aliphatic carbocycles. The van der Waals surface area contributed by atoms with Crippen molar-refractivity contribution in [2.75, 3.05) is 6.61 Å². The largest absolute Gasteiger partial charge is 0.366 e. The highest BCUT2D eigenvalue weighted by Gasteiger charge is 2.00. The molecule has 3 N–H and O–H groups in total. The van der Waals surface area contributed by atoms with Crippen LogP contribution in [-0.2, 0) is 14.4 Å². The summed E-state index contributed by atoms with van der Waals surface area (Å²) in [6.45, 7) is 11.4. The second-order valence-electron chi connectivity index (χ2n) is 8.12. The van der Waals surface area contributed by atoms with Crippen LogP contribution in [0.25, 0.3) is 0 Å². The Hall–Kier alpha value is -1.62. The van der Waals surface area contributed by atoms with Gasteiger partial charge in [0.25, 0.3) is 5.91 Å². The number of hydrogen-bond acceptors (Lipinski definition) is 3. The number of rotatable bonds is 21. The molecule has 0 atom stereocenters. The zero-order valence-corrected chi connectivity index (χ0v) is 20.5. The second kappa shape index (κ2) is 26.4. The second-order valence-corrected chi connectivity index (χ2v) is 8.12. The molecule has 5 heteroatoms. The fourth-order valence-corrected chi connectivity index (χ4v) is 3.19. The molecule has 5 nitrogen and oxygen atoms in total. The number of unbranched alkanes of at least 4 members (excludes halogenated alkanes) is 15. The van der Waals surface area contributed by atoms with E-state index in [1.165, 1.54) is 96.3 Å². The highest BCUT2D eigenvalue weighted by atomic mass is 16.6. The third-order valence-corrected chi connectivity index (χ3v) is 5.18. The molecule has 0 heterocycles. The van der Waals surface area contributed by atoms with Crippen LogP contribution in [-0.4, -0.2) is 18.4 Å². The molecule has 0 bridgehead atoms. The predicted molar refractivity (Wildman–Crippen MR) is 132 cm³/mol. The first-order chi connectivity index (χ1) is 15.0. The number of carbonyl (C=O) groups excluding carboxylic acids is 2. The average Bonchev–Trinajstić information content (AvgIpc) is 2.77. The minimum atomic E-state index is -0.342. The Morgan fingerprint density at radius 1 is 0.774 bits per heavy atom. The minimum absolute atomic E-state index is 0.313. The van der Waals surface area contributed by atoms with Crippen LogP contribution in [0.5, 0.6) is 0 Å². The third-order valence-electron chi connectivity index (χ3n) is 5.18. The van der Waals surface area contributed by atoms with Crippen molar-refractivity contribution in [1.29, 1.82) is 0 Å². The first-order valence-corrected chi connectivity index (χ1v) is 12.5. The molecule has 0 rings (SSSR count). The van der Waals surface area contributed by atoms with Crippen LogP contribution in [0.15, 0.2) is 24.8 Å². The Kier molecular flexibility index (Phi) is 26.9. The number of amides is 2. The lowest BCUT2D eigenvalue weighted by Gasteiger charge is -2.04. The van der Waals surface area contributed by atoms with Gasteiger partial charge in [0.15, 0.2) is 0 Å². The van der Waals surface area contributed by atoms with Crippen molar-refractivity contribution in [3.8, 4) is 0 Å². The van der Waals surface area contributed by atoms with Crippen LogP contribution in [0.3, 0.4) is 0 Å². The number of hydroxylamine groups is 1. The quantitative estimate of drug-likeness (QED) is 0.116. The molecule has 0 aliphatic heterocycles. The summed E-state index contributed by atoms with van der Waals surface area (Å²) in [5.41, 5.74) is 7.87. The molecule has 0 radical (unpaired) electrons. The molecule has 31 heavy (non-hydrogen) atoms. The Labute approximate surface area is 192 Å². The van der Waals surface area contributed by atoms with E-state index in [2.05, 4.69) is 30.4 Å². The van der Waals surface area contributed by atoms with Crippen molar-refractivity contribution >= 4 is 11.8 Å². The van der Waals surface area contributed by atoms with Crippen molar-refractivity contribution in [2.24, 2.45) is 5.73 Å². The lowest BCUT2D eigenvalue weighted by Crippen LogP contribution is -2.20. The van der Waals surface area contributed by atoms with Gasteiger partial charge in [-0.1, -0.05) is 116 Å². The summed E-state index contributed by atoms with van der Waals surface area (Å²) in [4.78, 5) is 25.5. The fourth-order valence-electron chi connectivity index (χ4n) is 3.19.